The van der Waals surface area contributed by atoms with E-state index in [-0.39, 0.29) is 18.5 Å². The molecule has 0 aliphatic carbocycles. The molecule has 0 aliphatic rings. The lowest BCUT2D eigenvalue weighted by Gasteiger charge is -2.14. The molecule has 2 N–H and O–H groups in total. The van der Waals surface area contributed by atoms with Crippen LogP contribution in [0.25, 0.3) is 0 Å². The van der Waals surface area contributed by atoms with Gasteiger partial charge in [-0.05, 0) is 31.0 Å². The maximum atomic E-state index is 13.5. The molecule has 1 aromatic heterocycles. The molecular formula is C15H20FN3O. The number of aliphatic hydroxyl groups is 1. The van der Waals surface area contributed by atoms with Crippen LogP contribution in [0.15, 0.2) is 30.6 Å². The molecule has 2 rings (SSSR count). The van der Waals surface area contributed by atoms with Gasteiger partial charge < -0.3 is 10.4 Å². The Morgan fingerprint density at radius 1 is 1.45 bits per heavy atom. The molecule has 1 atom stereocenters. The Balaban J connectivity index is 1.93. The molecule has 0 aliphatic heterocycles. The molecule has 0 saturated carbocycles. The third kappa shape index (κ3) is 3.65. The zero-order valence-corrected chi connectivity index (χ0v) is 11.8. The summed E-state index contributed by atoms with van der Waals surface area (Å²) in [7, 11) is 0. The third-order valence-corrected chi connectivity index (χ3v) is 3.32. The quantitative estimate of drug-likeness (QED) is 0.851. The van der Waals surface area contributed by atoms with E-state index in [1.807, 2.05) is 19.2 Å². The summed E-state index contributed by atoms with van der Waals surface area (Å²) in [5.74, 6) is -0.174. The number of benzene rings is 1. The first-order valence-corrected chi connectivity index (χ1v) is 6.72. The van der Waals surface area contributed by atoms with Crippen molar-refractivity contribution in [3.05, 3.63) is 53.1 Å². The van der Waals surface area contributed by atoms with E-state index < -0.39 is 0 Å². The number of hydrogen-bond donors (Lipinski definition) is 2. The normalized spacial score (nSPS) is 12.6. The largest absolute Gasteiger partial charge is 0.394 e. The molecule has 0 radical (unpaired) electrons. The van der Waals surface area contributed by atoms with Crippen LogP contribution in [0.2, 0.25) is 0 Å². The van der Waals surface area contributed by atoms with Crippen LogP contribution in [-0.2, 0) is 13.1 Å². The average molecular weight is 277 g/mol. The molecule has 0 saturated heterocycles. The van der Waals surface area contributed by atoms with Crippen LogP contribution < -0.4 is 5.32 Å². The minimum Gasteiger partial charge on any atom is -0.394 e. The summed E-state index contributed by atoms with van der Waals surface area (Å²) in [6, 6.07) is 5.36. The Morgan fingerprint density at radius 2 is 2.25 bits per heavy atom. The number of aromatic nitrogens is 2. The first kappa shape index (κ1) is 14.7. The van der Waals surface area contributed by atoms with E-state index in [2.05, 4.69) is 10.4 Å². The van der Waals surface area contributed by atoms with Crippen LogP contribution in [0, 0.1) is 12.7 Å². The molecular weight excluding hydrogens is 257 g/mol. The molecule has 0 spiro atoms. The van der Waals surface area contributed by atoms with Crippen molar-refractivity contribution in [2.24, 2.45) is 0 Å². The highest BCUT2D eigenvalue weighted by atomic mass is 19.1. The Hall–Kier alpha value is -1.72. The van der Waals surface area contributed by atoms with E-state index in [0.717, 1.165) is 11.1 Å². The molecule has 0 bridgehead atoms. The van der Waals surface area contributed by atoms with Gasteiger partial charge in [-0.1, -0.05) is 12.1 Å². The molecule has 1 unspecified atom stereocenters. The number of rotatable bonds is 6. The molecule has 20 heavy (non-hydrogen) atoms. The van der Waals surface area contributed by atoms with E-state index in [0.29, 0.717) is 18.7 Å². The standard InChI is InChI=1S/C15H20FN3O/c1-11-3-4-14(7-15(11)16)12(2)17-8-13-9-18-19(10-13)5-6-20/h3-4,7,9-10,12,17,20H,5-6,8H2,1-2H3. The van der Waals surface area contributed by atoms with Gasteiger partial charge in [0.25, 0.3) is 0 Å². The van der Waals surface area contributed by atoms with E-state index >= 15 is 0 Å². The lowest BCUT2D eigenvalue weighted by atomic mass is 10.1. The van der Waals surface area contributed by atoms with Crippen molar-refractivity contribution < 1.29 is 9.50 Å². The second-order valence-corrected chi connectivity index (χ2v) is 4.95. The van der Waals surface area contributed by atoms with Gasteiger partial charge in [-0.2, -0.15) is 5.10 Å². The van der Waals surface area contributed by atoms with Crippen LogP contribution in [0.3, 0.4) is 0 Å². The smallest absolute Gasteiger partial charge is 0.126 e. The zero-order chi connectivity index (χ0) is 14.5. The van der Waals surface area contributed by atoms with Gasteiger partial charge in [0.1, 0.15) is 5.82 Å². The van der Waals surface area contributed by atoms with Crippen LogP contribution in [0.4, 0.5) is 4.39 Å². The number of halogens is 1. The van der Waals surface area contributed by atoms with Gasteiger partial charge in [0, 0.05) is 24.3 Å². The summed E-state index contributed by atoms with van der Waals surface area (Å²) in [6.07, 6.45) is 3.66. The summed E-state index contributed by atoms with van der Waals surface area (Å²) < 4.78 is 15.2. The Morgan fingerprint density at radius 3 is 2.95 bits per heavy atom. The lowest BCUT2D eigenvalue weighted by Crippen LogP contribution is -2.18. The highest BCUT2D eigenvalue weighted by Gasteiger charge is 2.08. The number of aliphatic hydroxyl groups excluding tert-OH is 1. The number of nitrogens with zero attached hydrogens (tertiary/aromatic N) is 2. The number of nitrogens with one attached hydrogen (secondary N) is 1. The van der Waals surface area contributed by atoms with Gasteiger partial charge in [0.05, 0.1) is 19.3 Å². The fraction of sp³-hybridized carbons (Fsp3) is 0.400. The van der Waals surface area contributed by atoms with Crippen LogP contribution >= 0.6 is 0 Å². The second kappa shape index (κ2) is 6.63. The summed E-state index contributed by atoms with van der Waals surface area (Å²) in [4.78, 5) is 0. The fourth-order valence-corrected chi connectivity index (χ4v) is 1.99. The lowest BCUT2D eigenvalue weighted by molar-refractivity contribution is 0.269. The predicted octanol–water partition coefficient (Wildman–Crippen LogP) is 2.17. The summed E-state index contributed by atoms with van der Waals surface area (Å²) in [5.41, 5.74) is 2.62. The van der Waals surface area contributed by atoms with Crippen LogP contribution in [0.1, 0.15) is 29.7 Å². The zero-order valence-electron chi connectivity index (χ0n) is 11.8. The summed E-state index contributed by atoms with van der Waals surface area (Å²) in [6.45, 7) is 4.99. The minimum atomic E-state index is -0.174. The highest BCUT2D eigenvalue weighted by molar-refractivity contribution is 5.25. The third-order valence-electron chi connectivity index (χ3n) is 3.32. The van der Waals surface area contributed by atoms with Gasteiger partial charge >= 0.3 is 0 Å². The van der Waals surface area contributed by atoms with E-state index in [1.54, 1.807) is 29.9 Å². The fourth-order valence-electron chi connectivity index (χ4n) is 1.99. The Labute approximate surface area is 118 Å². The van der Waals surface area contributed by atoms with E-state index in [4.69, 9.17) is 5.11 Å². The maximum absolute atomic E-state index is 13.5. The molecule has 1 aromatic carbocycles. The monoisotopic (exact) mass is 277 g/mol. The second-order valence-electron chi connectivity index (χ2n) is 4.95. The van der Waals surface area contributed by atoms with E-state index in [9.17, 15) is 4.39 Å². The molecule has 4 nitrogen and oxygen atoms in total. The first-order chi connectivity index (χ1) is 9.60. The van der Waals surface area contributed by atoms with Gasteiger partial charge in [0.2, 0.25) is 0 Å². The van der Waals surface area contributed by atoms with Gasteiger partial charge in [0.15, 0.2) is 0 Å². The summed E-state index contributed by atoms with van der Waals surface area (Å²) >= 11 is 0. The molecule has 0 amide bonds. The summed E-state index contributed by atoms with van der Waals surface area (Å²) in [5, 5.41) is 16.3. The van der Waals surface area contributed by atoms with Gasteiger partial charge in [-0.3, -0.25) is 4.68 Å². The van der Waals surface area contributed by atoms with Crippen molar-refractivity contribution in [2.45, 2.75) is 33.0 Å². The average Bonchev–Trinajstić information content (AvgIpc) is 2.87. The number of hydrogen-bond acceptors (Lipinski definition) is 3. The van der Waals surface area contributed by atoms with Crippen molar-refractivity contribution in [2.75, 3.05) is 6.61 Å². The minimum absolute atomic E-state index is 0.0614. The Bertz CT molecular complexity index is 568. The molecule has 1 heterocycles. The molecule has 0 fully saturated rings. The topological polar surface area (TPSA) is 50.1 Å². The highest BCUT2D eigenvalue weighted by Crippen LogP contribution is 2.16. The van der Waals surface area contributed by atoms with Crippen LogP contribution in [-0.4, -0.2) is 21.5 Å². The van der Waals surface area contributed by atoms with E-state index in [1.165, 1.54) is 0 Å². The SMILES string of the molecule is Cc1ccc(C(C)NCc2cnn(CCO)c2)cc1F. The molecule has 108 valence electrons. The number of aryl methyl sites for hydroxylation is 1. The first-order valence-electron chi connectivity index (χ1n) is 6.72. The van der Waals surface area contributed by atoms with Gasteiger partial charge in [-0.25, -0.2) is 4.39 Å². The van der Waals surface area contributed by atoms with Crippen molar-refractivity contribution in [3.63, 3.8) is 0 Å². The van der Waals surface area contributed by atoms with Crippen molar-refractivity contribution in [3.8, 4) is 0 Å². The van der Waals surface area contributed by atoms with Crippen molar-refractivity contribution >= 4 is 0 Å². The molecule has 5 heteroatoms. The van der Waals surface area contributed by atoms with Crippen molar-refractivity contribution in [1.82, 2.24) is 15.1 Å². The van der Waals surface area contributed by atoms with Crippen molar-refractivity contribution in [1.29, 1.82) is 0 Å². The predicted molar refractivity (Wildman–Crippen MR) is 75.7 cm³/mol. The van der Waals surface area contributed by atoms with Gasteiger partial charge in [-0.15, -0.1) is 0 Å². The Kier molecular flexibility index (Phi) is 4.87. The molecule has 2 aromatic rings. The maximum Gasteiger partial charge on any atom is 0.126 e. The van der Waals surface area contributed by atoms with Crippen LogP contribution in [0.5, 0.6) is 0 Å².